The largest absolute Gasteiger partial charge is 0.376 e. The van der Waals surface area contributed by atoms with Crippen LogP contribution in [0.3, 0.4) is 0 Å². The van der Waals surface area contributed by atoms with Gasteiger partial charge >= 0.3 is 0 Å². The molecule has 0 bridgehead atoms. The highest BCUT2D eigenvalue weighted by Gasteiger charge is 2.06. The van der Waals surface area contributed by atoms with Gasteiger partial charge in [0, 0.05) is 6.42 Å². The Kier molecular flexibility index (Phi) is 4.00. The van der Waals surface area contributed by atoms with Crippen LogP contribution in [0.25, 0.3) is 0 Å². The lowest BCUT2D eigenvalue weighted by atomic mass is 10.4. The fourth-order valence-corrected chi connectivity index (χ4v) is 0.426. The maximum Gasteiger partial charge on any atom is 0.225 e. The minimum absolute atomic E-state index is 0.250. The van der Waals surface area contributed by atoms with Gasteiger partial charge in [-0.15, -0.1) is 0 Å². The van der Waals surface area contributed by atoms with Crippen molar-refractivity contribution in [1.82, 2.24) is 4.90 Å². The molecule has 0 aliphatic heterocycles. The Morgan fingerprint density at radius 2 is 1.89 bits per heavy atom. The van der Waals surface area contributed by atoms with E-state index in [2.05, 4.69) is 0 Å². The molecule has 0 fully saturated rings. The summed E-state index contributed by atoms with van der Waals surface area (Å²) in [5, 5.41) is 16.7. The van der Waals surface area contributed by atoms with E-state index in [-0.39, 0.29) is 5.91 Å². The predicted molar refractivity (Wildman–Crippen MR) is 31.3 cm³/mol. The molecule has 54 valence electrons. The molecule has 0 aromatic rings. The van der Waals surface area contributed by atoms with Crippen LogP contribution in [0.15, 0.2) is 0 Å². The predicted octanol–water partition coefficient (Wildman–Crippen LogP) is -0.875. The average molecular weight is 133 g/mol. The molecule has 0 aliphatic carbocycles. The average Bonchev–Trinajstić information content (AvgIpc) is 1.90. The van der Waals surface area contributed by atoms with Crippen LogP contribution in [0.1, 0.15) is 13.3 Å². The summed E-state index contributed by atoms with van der Waals surface area (Å²) in [6, 6.07) is 0. The van der Waals surface area contributed by atoms with Gasteiger partial charge in [-0.2, -0.15) is 0 Å². The summed E-state index contributed by atoms with van der Waals surface area (Å²) in [5.74, 6) is -0.250. The molecule has 4 heteroatoms. The zero-order valence-corrected chi connectivity index (χ0v) is 5.37. The molecule has 0 saturated heterocycles. The van der Waals surface area contributed by atoms with Crippen LogP contribution in [0.5, 0.6) is 0 Å². The molecule has 0 radical (unpaired) electrons. The lowest BCUT2D eigenvalue weighted by Gasteiger charge is -2.14. The molecular formula is C5H11NO3. The zero-order valence-electron chi connectivity index (χ0n) is 5.37. The van der Waals surface area contributed by atoms with Gasteiger partial charge in [-0.3, -0.25) is 9.69 Å². The van der Waals surface area contributed by atoms with Gasteiger partial charge in [0.1, 0.15) is 13.5 Å². The lowest BCUT2D eigenvalue weighted by Crippen LogP contribution is -2.31. The van der Waals surface area contributed by atoms with Gasteiger partial charge in [-0.25, -0.2) is 0 Å². The quantitative estimate of drug-likeness (QED) is 0.492. The molecule has 0 rings (SSSR count). The number of hydrogen-bond donors (Lipinski definition) is 2. The van der Waals surface area contributed by atoms with Crippen molar-refractivity contribution in [3.63, 3.8) is 0 Å². The van der Waals surface area contributed by atoms with Crippen molar-refractivity contribution in [3.05, 3.63) is 0 Å². The van der Waals surface area contributed by atoms with Crippen molar-refractivity contribution in [1.29, 1.82) is 0 Å². The van der Waals surface area contributed by atoms with Crippen LogP contribution >= 0.6 is 0 Å². The third-order valence-electron chi connectivity index (χ3n) is 0.997. The van der Waals surface area contributed by atoms with Crippen molar-refractivity contribution in [2.75, 3.05) is 13.5 Å². The summed E-state index contributed by atoms with van der Waals surface area (Å²) in [6.07, 6.45) is 0.307. The first-order valence-corrected chi connectivity index (χ1v) is 2.75. The maximum absolute atomic E-state index is 10.6. The molecule has 0 heterocycles. The number of hydrogen-bond acceptors (Lipinski definition) is 3. The van der Waals surface area contributed by atoms with Crippen LogP contribution in [0.2, 0.25) is 0 Å². The van der Waals surface area contributed by atoms with Gasteiger partial charge in [0.05, 0.1) is 0 Å². The van der Waals surface area contributed by atoms with Crippen LogP contribution < -0.4 is 0 Å². The van der Waals surface area contributed by atoms with Gasteiger partial charge < -0.3 is 10.2 Å². The highest BCUT2D eigenvalue weighted by atomic mass is 16.3. The number of aliphatic hydroxyl groups excluding tert-OH is 2. The number of aliphatic hydroxyl groups is 2. The van der Waals surface area contributed by atoms with Crippen LogP contribution in [-0.4, -0.2) is 34.5 Å². The van der Waals surface area contributed by atoms with E-state index in [1.165, 1.54) is 0 Å². The summed E-state index contributed by atoms with van der Waals surface area (Å²) >= 11 is 0. The Labute approximate surface area is 53.7 Å². The molecule has 0 atom stereocenters. The zero-order chi connectivity index (χ0) is 7.28. The van der Waals surface area contributed by atoms with Gasteiger partial charge in [-0.05, 0) is 0 Å². The van der Waals surface area contributed by atoms with Crippen molar-refractivity contribution >= 4 is 5.91 Å². The van der Waals surface area contributed by atoms with Crippen molar-refractivity contribution in [3.8, 4) is 0 Å². The first kappa shape index (κ1) is 8.39. The van der Waals surface area contributed by atoms with Crippen LogP contribution in [0.4, 0.5) is 0 Å². The first-order chi connectivity index (χ1) is 4.26. The highest BCUT2D eigenvalue weighted by molar-refractivity contribution is 5.75. The molecule has 9 heavy (non-hydrogen) atoms. The molecule has 0 aliphatic rings. The van der Waals surface area contributed by atoms with Gasteiger partial charge in [0.2, 0.25) is 5.91 Å². The molecule has 1 amide bonds. The van der Waals surface area contributed by atoms with Crippen molar-refractivity contribution < 1.29 is 15.0 Å². The molecule has 4 nitrogen and oxygen atoms in total. The molecule has 2 N–H and O–H groups in total. The number of carbonyl (C=O) groups excluding carboxylic acids is 1. The molecule has 0 aromatic carbocycles. The van der Waals surface area contributed by atoms with Gasteiger partial charge in [-0.1, -0.05) is 6.92 Å². The van der Waals surface area contributed by atoms with Crippen LogP contribution in [0, 0.1) is 0 Å². The Balaban J connectivity index is 3.64. The number of amides is 1. The summed E-state index contributed by atoms with van der Waals surface area (Å²) in [6.45, 7) is 0.840. The maximum atomic E-state index is 10.6. The Bertz CT molecular complexity index is 90.2. The van der Waals surface area contributed by atoms with Gasteiger partial charge in [0.15, 0.2) is 0 Å². The molecule has 0 spiro atoms. The van der Waals surface area contributed by atoms with E-state index in [0.717, 1.165) is 4.90 Å². The monoisotopic (exact) mass is 133 g/mol. The minimum Gasteiger partial charge on any atom is -0.376 e. The van der Waals surface area contributed by atoms with E-state index in [0.29, 0.717) is 6.42 Å². The smallest absolute Gasteiger partial charge is 0.225 e. The minimum atomic E-state index is -0.414. The normalized spacial score (nSPS) is 9.22. The van der Waals surface area contributed by atoms with E-state index < -0.39 is 13.5 Å². The first-order valence-electron chi connectivity index (χ1n) is 2.75. The topological polar surface area (TPSA) is 60.8 Å². The highest BCUT2D eigenvalue weighted by Crippen LogP contribution is 1.88. The molecule has 0 saturated carbocycles. The Morgan fingerprint density at radius 3 is 2.00 bits per heavy atom. The van der Waals surface area contributed by atoms with E-state index >= 15 is 0 Å². The fourth-order valence-electron chi connectivity index (χ4n) is 0.426. The number of carbonyl (C=O) groups is 1. The standard InChI is InChI=1S/C5H11NO3/c1-2-5(9)6(3-7)4-8/h7-8H,2-4H2,1H3. The number of nitrogens with zero attached hydrogens (tertiary/aromatic N) is 1. The summed E-state index contributed by atoms with van der Waals surface area (Å²) in [5.41, 5.74) is 0. The van der Waals surface area contributed by atoms with Crippen molar-refractivity contribution in [2.24, 2.45) is 0 Å². The Hall–Kier alpha value is -0.610. The molecule has 0 aromatic heterocycles. The third-order valence-corrected chi connectivity index (χ3v) is 0.997. The van der Waals surface area contributed by atoms with E-state index in [1.807, 2.05) is 0 Å². The van der Waals surface area contributed by atoms with Gasteiger partial charge in [0.25, 0.3) is 0 Å². The molecular weight excluding hydrogens is 122 g/mol. The summed E-state index contributed by atoms with van der Waals surface area (Å²) < 4.78 is 0. The summed E-state index contributed by atoms with van der Waals surface area (Å²) in [4.78, 5) is 11.5. The van der Waals surface area contributed by atoms with E-state index in [1.54, 1.807) is 6.92 Å². The third kappa shape index (κ3) is 2.43. The second-order valence-corrected chi connectivity index (χ2v) is 1.57. The lowest BCUT2D eigenvalue weighted by molar-refractivity contribution is -0.139. The van der Waals surface area contributed by atoms with Crippen LogP contribution in [-0.2, 0) is 4.79 Å². The van der Waals surface area contributed by atoms with Crippen molar-refractivity contribution in [2.45, 2.75) is 13.3 Å². The Morgan fingerprint density at radius 1 is 1.44 bits per heavy atom. The second-order valence-electron chi connectivity index (χ2n) is 1.57. The SMILES string of the molecule is CCC(=O)N(CO)CO. The summed E-state index contributed by atoms with van der Waals surface area (Å²) in [7, 11) is 0. The fraction of sp³-hybridized carbons (Fsp3) is 0.800. The van der Waals surface area contributed by atoms with E-state index in [9.17, 15) is 4.79 Å². The molecule has 0 unspecified atom stereocenters. The van der Waals surface area contributed by atoms with E-state index in [4.69, 9.17) is 10.2 Å². The second kappa shape index (κ2) is 4.29. The number of rotatable bonds is 3.